The highest BCUT2D eigenvalue weighted by Crippen LogP contribution is 2.32. The lowest BCUT2D eigenvalue weighted by molar-refractivity contribution is -0.0170. The van der Waals surface area contributed by atoms with Crippen molar-refractivity contribution in [1.29, 1.82) is 0 Å². The third-order valence-electron chi connectivity index (χ3n) is 4.70. The van der Waals surface area contributed by atoms with Crippen molar-refractivity contribution >= 4 is 34.2 Å². The van der Waals surface area contributed by atoms with Crippen LogP contribution in [-0.2, 0) is 17.9 Å². The molecule has 0 fully saturated rings. The van der Waals surface area contributed by atoms with Crippen molar-refractivity contribution in [3.8, 4) is 11.4 Å². The fraction of sp³-hybridized carbons (Fsp3) is 0.150. The summed E-state index contributed by atoms with van der Waals surface area (Å²) in [5.41, 5.74) is 2.64. The Labute approximate surface area is 175 Å². The maximum atomic E-state index is 13.0. The van der Waals surface area contributed by atoms with Gasteiger partial charge in [0, 0.05) is 21.2 Å². The number of hydrogen-bond acceptors (Lipinski definition) is 5. The summed E-state index contributed by atoms with van der Waals surface area (Å²) in [6.45, 7) is 0.856. The van der Waals surface area contributed by atoms with Crippen LogP contribution in [-0.4, -0.2) is 26.1 Å². The van der Waals surface area contributed by atoms with Crippen LogP contribution in [0.3, 0.4) is 0 Å². The zero-order valence-electron chi connectivity index (χ0n) is 15.0. The molecule has 2 aromatic carbocycles. The van der Waals surface area contributed by atoms with E-state index >= 15 is 0 Å². The van der Waals surface area contributed by atoms with Gasteiger partial charge in [0.05, 0.1) is 25.0 Å². The number of hydrogen-bond donors (Lipinski definition) is 0. The Kier molecular flexibility index (Phi) is 4.50. The molecule has 0 spiro atoms. The van der Waals surface area contributed by atoms with Gasteiger partial charge in [-0.2, -0.15) is 5.10 Å². The predicted octanol–water partition coefficient (Wildman–Crippen LogP) is 3.80. The molecule has 3 heterocycles. The average molecular weight is 429 g/mol. The Morgan fingerprint density at radius 2 is 2.03 bits per heavy atom. The Morgan fingerprint density at radius 1 is 1.14 bits per heavy atom. The van der Waals surface area contributed by atoms with Crippen LogP contribution < -0.4 is 10.3 Å². The first-order chi connectivity index (χ1) is 14.1. The number of rotatable bonds is 3. The smallest absolute Gasteiger partial charge is 0.264 e. The van der Waals surface area contributed by atoms with E-state index in [9.17, 15) is 4.79 Å². The second-order valence-corrected chi connectivity index (χ2v) is 7.49. The zero-order chi connectivity index (χ0) is 20.0. The van der Waals surface area contributed by atoms with Crippen molar-refractivity contribution in [2.24, 2.45) is 0 Å². The average Bonchev–Trinajstić information content (AvgIpc) is 3.15. The molecular formula is C20H14Cl2N4O3. The van der Waals surface area contributed by atoms with E-state index in [4.69, 9.17) is 32.7 Å². The van der Waals surface area contributed by atoms with Gasteiger partial charge in [-0.25, -0.2) is 9.67 Å². The molecule has 2 aromatic heterocycles. The van der Waals surface area contributed by atoms with Crippen LogP contribution in [0.15, 0.2) is 53.7 Å². The van der Waals surface area contributed by atoms with Crippen LogP contribution in [0, 0.1) is 0 Å². The summed E-state index contributed by atoms with van der Waals surface area (Å²) in [5.74, 6) is 0.697. The van der Waals surface area contributed by atoms with Crippen molar-refractivity contribution in [2.45, 2.75) is 13.2 Å². The van der Waals surface area contributed by atoms with Crippen molar-refractivity contribution < 1.29 is 9.47 Å². The number of halogens is 2. The zero-order valence-corrected chi connectivity index (χ0v) is 16.5. The monoisotopic (exact) mass is 428 g/mol. The van der Waals surface area contributed by atoms with Crippen LogP contribution in [0.25, 0.3) is 16.7 Å². The molecule has 0 unspecified atom stereocenters. The van der Waals surface area contributed by atoms with Gasteiger partial charge in [0.2, 0.25) is 0 Å². The number of aromatic nitrogens is 4. The van der Waals surface area contributed by atoms with E-state index in [0.717, 1.165) is 16.8 Å². The lowest BCUT2D eigenvalue weighted by Crippen LogP contribution is -2.22. The highest BCUT2D eigenvalue weighted by atomic mass is 35.5. The maximum absolute atomic E-state index is 13.0. The Hall–Kier alpha value is -2.87. The first-order valence-corrected chi connectivity index (χ1v) is 9.57. The summed E-state index contributed by atoms with van der Waals surface area (Å²) in [7, 11) is 0. The van der Waals surface area contributed by atoms with Crippen LogP contribution in [0.2, 0.25) is 10.0 Å². The highest BCUT2D eigenvalue weighted by molar-refractivity contribution is 6.31. The van der Waals surface area contributed by atoms with E-state index in [2.05, 4.69) is 10.1 Å². The Morgan fingerprint density at radius 3 is 2.90 bits per heavy atom. The standard InChI is InChI=1S/C20H14Cl2N4O3/c21-14-2-1-3-16(6-14)26-19-17(7-24-26)20(27)25(10-23-19)8-12-4-15(22)5-13-9-28-11-29-18(12)13/h1-7,10H,8-9,11H2. The lowest BCUT2D eigenvalue weighted by atomic mass is 10.1. The van der Waals surface area contributed by atoms with Gasteiger partial charge in [0.25, 0.3) is 5.56 Å². The number of benzene rings is 2. The van der Waals surface area contributed by atoms with Crippen LogP contribution in [0.1, 0.15) is 11.1 Å². The molecule has 0 saturated carbocycles. The molecule has 1 aliphatic heterocycles. The molecule has 146 valence electrons. The molecule has 0 amide bonds. The van der Waals surface area contributed by atoms with Gasteiger partial charge in [-0.05, 0) is 30.3 Å². The summed E-state index contributed by atoms with van der Waals surface area (Å²) in [6, 6.07) is 10.8. The van der Waals surface area contributed by atoms with E-state index in [1.54, 1.807) is 28.9 Å². The second kappa shape index (κ2) is 7.18. The van der Waals surface area contributed by atoms with Gasteiger partial charge in [-0.3, -0.25) is 9.36 Å². The van der Waals surface area contributed by atoms with E-state index < -0.39 is 0 Å². The molecule has 7 nitrogen and oxygen atoms in total. The molecule has 4 aromatic rings. The van der Waals surface area contributed by atoms with E-state index in [1.807, 2.05) is 12.1 Å². The SMILES string of the molecule is O=c1c2cnn(-c3cccc(Cl)c3)c2ncn1Cc1cc(Cl)cc2c1OCOC2. The van der Waals surface area contributed by atoms with Gasteiger partial charge in [-0.15, -0.1) is 0 Å². The first-order valence-electron chi connectivity index (χ1n) is 8.81. The van der Waals surface area contributed by atoms with Crippen molar-refractivity contribution in [3.63, 3.8) is 0 Å². The fourth-order valence-corrected chi connectivity index (χ4v) is 3.86. The fourth-order valence-electron chi connectivity index (χ4n) is 3.42. The third kappa shape index (κ3) is 3.27. The van der Waals surface area contributed by atoms with Crippen LogP contribution >= 0.6 is 23.2 Å². The molecular weight excluding hydrogens is 415 g/mol. The maximum Gasteiger partial charge on any atom is 0.264 e. The first kappa shape index (κ1) is 18.2. The minimum absolute atomic E-state index is 0.167. The third-order valence-corrected chi connectivity index (χ3v) is 5.15. The van der Waals surface area contributed by atoms with E-state index in [1.165, 1.54) is 17.1 Å². The molecule has 0 atom stereocenters. The van der Waals surface area contributed by atoms with Gasteiger partial charge >= 0.3 is 0 Å². The summed E-state index contributed by atoms with van der Waals surface area (Å²) in [4.78, 5) is 17.5. The second-order valence-electron chi connectivity index (χ2n) is 6.61. The van der Waals surface area contributed by atoms with Gasteiger partial charge in [0.15, 0.2) is 12.4 Å². The van der Waals surface area contributed by atoms with Crippen molar-refractivity contribution in [2.75, 3.05) is 6.79 Å². The van der Waals surface area contributed by atoms with Crippen LogP contribution in [0.4, 0.5) is 0 Å². The van der Waals surface area contributed by atoms with Gasteiger partial charge in [0.1, 0.15) is 17.5 Å². The summed E-state index contributed by atoms with van der Waals surface area (Å²) < 4.78 is 14.0. The molecule has 0 aliphatic carbocycles. The summed E-state index contributed by atoms with van der Waals surface area (Å²) in [5, 5.41) is 5.87. The molecule has 1 aliphatic rings. The topological polar surface area (TPSA) is 71.2 Å². The summed E-state index contributed by atoms with van der Waals surface area (Å²) in [6.07, 6.45) is 3.01. The van der Waals surface area contributed by atoms with E-state index in [0.29, 0.717) is 33.4 Å². The molecule has 5 rings (SSSR count). The minimum Gasteiger partial charge on any atom is -0.467 e. The predicted molar refractivity (Wildman–Crippen MR) is 109 cm³/mol. The van der Waals surface area contributed by atoms with Crippen molar-refractivity contribution in [3.05, 3.63) is 80.4 Å². The minimum atomic E-state index is -0.205. The Bertz CT molecular complexity index is 1300. The lowest BCUT2D eigenvalue weighted by Gasteiger charge is -2.21. The number of nitrogens with zero attached hydrogens (tertiary/aromatic N) is 4. The number of fused-ring (bicyclic) bond motifs is 2. The normalized spacial score (nSPS) is 13.3. The molecule has 9 heteroatoms. The van der Waals surface area contributed by atoms with Crippen LogP contribution in [0.5, 0.6) is 5.75 Å². The highest BCUT2D eigenvalue weighted by Gasteiger charge is 2.18. The molecule has 0 bridgehead atoms. The largest absolute Gasteiger partial charge is 0.467 e. The Balaban J connectivity index is 1.57. The molecule has 0 N–H and O–H groups in total. The van der Waals surface area contributed by atoms with E-state index in [-0.39, 0.29) is 18.9 Å². The quantitative estimate of drug-likeness (QED) is 0.496. The van der Waals surface area contributed by atoms with Gasteiger partial charge < -0.3 is 9.47 Å². The number of ether oxygens (including phenoxy) is 2. The van der Waals surface area contributed by atoms with Crippen molar-refractivity contribution in [1.82, 2.24) is 19.3 Å². The molecule has 0 radical (unpaired) electrons. The summed E-state index contributed by atoms with van der Waals surface area (Å²) >= 11 is 12.3. The molecule has 0 saturated heterocycles. The molecule has 29 heavy (non-hydrogen) atoms. The van der Waals surface area contributed by atoms with Gasteiger partial charge in [-0.1, -0.05) is 29.3 Å².